The number of hydrogen-bond acceptors (Lipinski definition) is 3. The van der Waals surface area contributed by atoms with Gasteiger partial charge in [0.25, 0.3) is 0 Å². The fraction of sp³-hybridized carbons (Fsp3) is 0.188. The van der Waals surface area contributed by atoms with Gasteiger partial charge in [-0.2, -0.15) is 0 Å². The highest BCUT2D eigenvalue weighted by Crippen LogP contribution is 2.35. The van der Waals surface area contributed by atoms with Crippen LogP contribution in [0.15, 0.2) is 46.9 Å². The number of carbonyl (C=O) groups is 1. The zero-order valence-corrected chi connectivity index (χ0v) is 10.8. The molecule has 0 saturated carbocycles. The zero-order valence-electron chi connectivity index (χ0n) is 10.8. The van der Waals surface area contributed by atoms with Gasteiger partial charge in [-0.25, -0.2) is 0 Å². The van der Waals surface area contributed by atoms with Crippen molar-refractivity contribution in [2.75, 3.05) is 6.61 Å². The van der Waals surface area contributed by atoms with Crippen LogP contribution in [0.4, 0.5) is 0 Å². The van der Waals surface area contributed by atoms with Crippen LogP contribution >= 0.6 is 0 Å². The molecule has 0 radical (unpaired) electrons. The Labute approximate surface area is 115 Å². The monoisotopic (exact) mass is 270 g/mol. The molecule has 0 saturated heterocycles. The van der Waals surface area contributed by atoms with Gasteiger partial charge in [-0.15, -0.1) is 0 Å². The number of benzene rings is 2. The largest absolute Gasteiger partial charge is 0.493 e. The minimum Gasteiger partial charge on any atom is -0.493 e. The SMILES string of the molecule is O=C(O)CCCOc1cccc2oc3ccccc3c12. The second-order valence-corrected chi connectivity index (χ2v) is 4.57. The third kappa shape index (κ3) is 2.32. The molecule has 0 aliphatic carbocycles. The molecule has 0 bridgehead atoms. The van der Waals surface area contributed by atoms with Crippen LogP contribution in [0, 0.1) is 0 Å². The molecular formula is C16H14O4. The van der Waals surface area contributed by atoms with Gasteiger partial charge in [-0.3, -0.25) is 4.79 Å². The average molecular weight is 270 g/mol. The summed E-state index contributed by atoms with van der Waals surface area (Å²) in [6.45, 7) is 0.380. The molecule has 0 unspecified atom stereocenters. The van der Waals surface area contributed by atoms with Crippen LogP contribution in [-0.2, 0) is 4.79 Å². The van der Waals surface area contributed by atoms with Crippen molar-refractivity contribution in [1.82, 2.24) is 0 Å². The number of hydrogen-bond donors (Lipinski definition) is 1. The second kappa shape index (κ2) is 5.25. The van der Waals surface area contributed by atoms with Crippen LogP contribution in [0.3, 0.4) is 0 Å². The van der Waals surface area contributed by atoms with E-state index in [-0.39, 0.29) is 6.42 Å². The van der Waals surface area contributed by atoms with E-state index in [4.69, 9.17) is 14.3 Å². The van der Waals surface area contributed by atoms with Crippen LogP contribution in [0.5, 0.6) is 5.75 Å². The zero-order chi connectivity index (χ0) is 13.9. The number of aliphatic carboxylic acids is 1. The van der Waals surface area contributed by atoms with Crippen LogP contribution in [0.1, 0.15) is 12.8 Å². The third-order valence-electron chi connectivity index (χ3n) is 3.16. The van der Waals surface area contributed by atoms with Crippen molar-refractivity contribution >= 4 is 27.9 Å². The van der Waals surface area contributed by atoms with E-state index < -0.39 is 5.97 Å². The molecule has 1 aromatic heterocycles. The smallest absolute Gasteiger partial charge is 0.303 e. The molecule has 0 spiro atoms. The lowest BCUT2D eigenvalue weighted by molar-refractivity contribution is -0.137. The Hall–Kier alpha value is -2.49. The van der Waals surface area contributed by atoms with Crippen molar-refractivity contribution in [1.29, 1.82) is 0 Å². The van der Waals surface area contributed by atoms with Crippen molar-refractivity contribution in [3.63, 3.8) is 0 Å². The van der Waals surface area contributed by atoms with Gasteiger partial charge in [0.1, 0.15) is 16.9 Å². The maximum absolute atomic E-state index is 10.5. The molecule has 102 valence electrons. The number of rotatable bonds is 5. The first-order chi connectivity index (χ1) is 9.75. The molecule has 0 aliphatic rings. The Kier molecular flexibility index (Phi) is 3.29. The summed E-state index contributed by atoms with van der Waals surface area (Å²) >= 11 is 0. The van der Waals surface area contributed by atoms with E-state index in [9.17, 15) is 4.79 Å². The highest BCUT2D eigenvalue weighted by molar-refractivity contribution is 6.08. The summed E-state index contributed by atoms with van der Waals surface area (Å²) in [4.78, 5) is 10.5. The van der Waals surface area contributed by atoms with Crippen molar-refractivity contribution in [2.45, 2.75) is 12.8 Å². The summed E-state index contributed by atoms with van der Waals surface area (Å²) in [5, 5.41) is 10.6. The summed E-state index contributed by atoms with van der Waals surface area (Å²) < 4.78 is 11.5. The standard InChI is InChI=1S/C16H14O4/c17-15(18)9-4-10-19-13-7-3-8-14-16(13)11-5-1-2-6-12(11)20-14/h1-3,5-8H,4,9-10H2,(H,17,18). The van der Waals surface area contributed by atoms with E-state index in [0.29, 0.717) is 13.0 Å². The van der Waals surface area contributed by atoms with Crippen molar-refractivity contribution in [3.8, 4) is 5.75 Å². The molecular weight excluding hydrogens is 256 g/mol. The highest BCUT2D eigenvalue weighted by atomic mass is 16.5. The Bertz CT molecular complexity index is 757. The van der Waals surface area contributed by atoms with Crippen molar-refractivity contribution < 1.29 is 19.1 Å². The maximum atomic E-state index is 10.5. The molecule has 4 heteroatoms. The summed E-state index contributed by atoms with van der Waals surface area (Å²) in [6.07, 6.45) is 0.601. The minimum absolute atomic E-state index is 0.113. The van der Waals surface area contributed by atoms with Gasteiger partial charge in [0.05, 0.1) is 12.0 Å². The normalized spacial score (nSPS) is 11.0. The lowest BCUT2D eigenvalue weighted by Crippen LogP contribution is -2.02. The van der Waals surface area contributed by atoms with Crippen molar-refractivity contribution in [2.24, 2.45) is 0 Å². The van der Waals surface area contributed by atoms with Crippen LogP contribution in [0.2, 0.25) is 0 Å². The van der Waals surface area contributed by atoms with E-state index in [1.54, 1.807) is 0 Å². The van der Waals surface area contributed by atoms with E-state index in [2.05, 4.69) is 0 Å². The average Bonchev–Trinajstić information content (AvgIpc) is 2.82. The topological polar surface area (TPSA) is 59.7 Å². The van der Waals surface area contributed by atoms with Crippen molar-refractivity contribution in [3.05, 3.63) is 42.5 Å². The highest BCUT2D eigenvalue weighted by Gasteiger charge is 2.11. The van der Waals surface area contributed by atoms with Gasteiger partial charge in [0.2, 0.25) is 0 Å². The summed E-state index contributed by atoms with van der Waals surface area (Å²) in [6, 6.07) is 13.5. The number of furan rings is 1. The lowest BCUT2D eigenvalue weighted by Gasteiger charge is -2.06. The first-order valence-electron chi connectivity index (χ1n) is 6.50. The van der Waals surface area contributed by atoms with Gasteiger partial charge < -0.3 is 14.3 Å². The van der Waals surface area contributed by atoms with Gasteiger partial charge >= 0.3 is 5.97 Å². The first kappa shape index (κ1) is 12.5. The van der Waals surface area contributed by atoms with E-state index >= 15 is 0 Å². The van der Waals surface area contributed by atoms with Gasteiger partial charge in [0.15, 0.2) is 0 Å². The Morgan fingerprint density at radius 1 is 1.10 bits per heavy atom. The number of fused-ring (bicyclic) bond motifs is 3. The molecule has 1 heterocycles. The van der Waals surface area contributed by atoms with Gasteiger partial charge in [0, 0.05) is 11.8 Å². The van der Waals surface area contributed by atoms with E-state index in [1.807, 2.05) is 42.5 Å². The molecule has 0 atom stereocenters. The minimum atomic E-state index is -0.805. The fourth-order valence-electron chi connectivity index (χ4n) is 2.27. The molecule has 0 amide bonds. The predicted octanol–water partition coefficient (Wildman–Crippen LogP) is 3.83. The Morgan fingerprint density at radius 3 is 2.75 bits per heavy atom. The molecule has 4 nitrogen and oxygen atoms in total. The maximum Gasteiger partial charge on any atom is 0.303 e. The lowest BCUT2D eigenvalue weighted by atomic mass is 10.1. The molecule has 20 heavy (non-hydrogen) atoms. The molecule has 2 aromatic carbocycles. The molecule has 3 aromatic rings. The molecule has 1 N–H and O–H groups in total. The Balaban J connectivity index is 1.92. The van der Waals surface area contributed by atoms with Crippen LogP contribution in [-0.4, -0.2) is 17.7 Å². The molecule has 0 fully saturated rings. The number of para-hydroxylation sites is 1. The third-order valence-corrected chi connectivity index (χ3v) is 3.16. The van der Waals surface area contributed by atoms with Crippen LogP contribution < -0.4 is 4.74 Å². The quantitative estimate of drug-likeness (QED) is 0.716. The number of carboxylic acid groups (broad SMARTS) is 1. The van der Waals surface area contributed by atoms with E-state index in [1.165, 1.54) is 0 Å². The number of carboxylic acids is 1. The predicted molar refractivity (Wildman–Crippen MR) is 76.1 cm³/mol. The van der Waals surface area contributed by atoms with Gasteiger partial charge in [-0.1, -0.05) is 24.3 Å². The number of ether oxygens (including phenoxy) is 1. The first-order valence-corrected chi connectivity index (χ1v) is 6.50. The van der Waals surface area contributed by atoms with Gasteiger partial charge in [-0.05, 0) is 24.6 Å². The second-order valence-electron chi connectivity index (χ2n) is 4.57. The molecule has 0 aliphatic heterocycles. The summed E-state index contributed by atoms with van der Waals surface area (Å²) in [5.41, 5.74) is 1.60. The fourth-order valence-corrected chi connectivity index (χ4v) is 2.27. The Morgan fingerprint density at radius 2 is 1.90 bits per heavy atom. The van der Waals surface area contributed by atoms with E-state index in [0.717, 1.165) is 27.7 Å². The van der Waals surface area contributed by atoms with Crippen LogP contribution in [0.25, 0.3) is 21.9 Å². The summed E-state index contributed by atoms with van der Waals surface area (Å²) in [7, 11) is 0. The summed E-state index contributed by atoms with van der Waals surface area (Å²) in [5.74, 6) is -0.0709. The molecule has 3 rings (SSSR count).